The Bertz CT molecular complexity index is 781. The number of hydrogen-bond acceptors (Lipinski definition) is 2. The first-order valence-corrected chi connectivity index (χ1v) is 5.55. The Kier molecular flexibility index (Phi) is 3.52. The lowest BCUT2D eigenvalue weighted by molar-refractivity contribution is -0.167. The molecule has 0 aliphatic carbocycles. The normalized spacial score (nSPS) is 12.2. The quantitative estimate of drug-likeness (QED) is 0.789. The van der Waals surface area contributed by atoms with Gasteiger partial charge in [0, 0.05) is 11.6 Å². The number of alkyl halides is 6. The van der Waals surface area contributed by atoms with E-state index in [9.17, 15) is 31.1 Å². The lowest BCUT2D eigenvalue weighted by atomic mass is 10.0. The van der Waals surface area contributed by atoms with Crippen LogP contribution in [-0.4, -0.2) is 17.1 Å². The molecule has 0 unspecified atom stereocenters. The summed E-state index contributed by atoms with van der Waals surface area (Å²) in [6, 6.07) is 2.70. The average molecular weight is 321 g/mol. The number of nitriles is 1. The van der Waals surface area contributed by atoms with E-state index >= 15 is 0 Å². The molecule has 0 radical (unpaired) electrons. The van der Waals surface area contributed by atoms with Gasteiger partial charge < -0.3 is 10.3 Å². The molecule has 0 fully saturated rings. The van der Waals surface area contributed by atoms with Gasteiger partial charge in [0.25, 0.3) is 0 Å². The van der Waals surface area contributed by atoms with Gasteiger partial charge in [0.2, 0.25) is 0 Å². The summed E-state index contributed by atoms with van der Waals surface area (Å²) in [5.74, 6) is -2.33. The molecule has 1 heterocycles. The average Bonchev–Trinajstić information content (AvgIpc) is 2.80. The van der Waals surface area contributed by atoms with Crippen LogP contribution in [0.15, 0.2) is 18.3 Å². The van der Waals surface area contributed by atoms with Crippen LogP contribution in [0.5, 0.6) is 0 Å². The smallest absolute Gasteiger partial charge is 0.358 e. The molecule has 1 amide bonds. The Morgan fingerprint density at radius 2 is 1.82 bits per heavy atom. The van der Waals surface area contributed by atoms with Crippen molar-refractivity contribution in [1.82, 2.24) is 4.98 Å². The monoisotopic (exact) mass is 321 g/mol. The fraction of sp³-hybridized carbons (Fsp3) is 0.167. The zero-order chi connectivity index (χ0) is 16.7. The highest BCUT2D eigenvalue weighted by atomic mass is 19.4. The molecule has 2 aromatic rings. The Labute approximate surface area is 118 Å². The molecule has 1 aromatic heterocycles. The third-order valence-electron chi connectivity index (χ3n) is 2.77. The molecule has 4 nitrogen and oxygen atoms in total. The number of aromatic amines is 1. The highest BCUT2D eigenvalue weighted by Crippen LogP contribution is 2.39. The van der Waals surface area contributed by atoms with E-state index in [1.54, 1.807) is 0 Å². The van der Waals surface area contributed by atoms with Crippen molar-refractivity contribution in [3.8, 4) is 6.07 Å². The number of nitrogens with one attached hydrogen (secondary N) is 2. The number of carbonyl (C=O) groups excluding carboxylic acids is 1. The van der Waals surface area contributed by atoms with Crippen LogP contribution in [0.3, 0.4) is 0 Å². The van der Waals surface area contributed by atoms with E-state index in [1.165, 1.54) is 11.4 Å². The predicted molar refractivity (Wildman–Crippen MR) is 62.7 cm³/mol. The Hall–Kier alpha value is -2.70. The minimum atomic E-state index is -5.19. The number of aromatic nitrogens is 1. The molecular formula is C12H5F6N3O. The molecule has 0 aliphatic rings. The number of carbonyl (C=O) groups is 1. The molecule has 0 bridgehead atoms. The maximum Gasteiger partial charge on any atom is 0.471 e. The molecule has 0 spiro atoms. The second-order valence-electron chi connectivity index (χ2n) is 4.17. The van der Waals surface area contributed by atoms with E-state index in [0.717, 1.165) is 6.20 Å². The fourth-order valence-corrected chi connectivity index (χ4v) is 1.87. The second-order valence-corrected chi connectivity index (χ2v) is 4.17. The minimum absolute atomic E-state index is 0.398. The van der Waals surface area contributed by atoms with E-state index in [-0.39, 0.29) is 0 Å². The van der Waals surface area contributed by atoms with Gasteiger partial charge >= 0.3 is 18.3 Å². The first-order valence-electron chi connectivity index (χ1n) is 5.55. The third-order valence-corrected chi connectivity index (χ3v) is 2.77. The van der Waals surface area contributed by atoms with Crippen molar-refractivity contribution in [2.24, 2.45) is 0 Å². The van der Waals surface area contributed by atoms with Gasteiger partial charge in [0.15, 0.2) is 0 Å². The number of halogens is 6. The molecule has 2 N–H and O–H groups in total. The first kappa shape index (κ1) is 15.7. The SMILES string of the molecule is N#Cc1c[nH]c2c(NC(=O)C(F)(F)F)ccc(C(F)(F)F)c12. The van der Waals surface area contributed by atoms with Crippen LogP contribution in [-0.2, 0) is 11.0 Å². The molecule has 0 atom stereocenters. The van der Waals surface area contributed by atoms with Crippen molar-refractivity contribution in [2.45, 2.75) is 12.4 Å². The van der Waals surface area contributed by atoms with E-state index in [2.05, 4.69) is 4.98 Å². The summed E-state index contributed by atoms with van der Waals surface area (Å²) in [6.07, 6.45) is -9.08. The van der Waals surface area contributed by atoms with Gasteiger partial charge in [-0.2, -0.15) is 31.6 Å². The predicted octanol–water partition coefficient (Wildman–Crippen LogP) is 3.56. The van der Waals surface area contributed by atoms with Gasteiger partial charge in [-0.3, -0.25) is 4.79 Å². The standard InChI is InChI=1S/C12H5F6N3O/c13-11(14,15)6-1-2-7(21-10(22)12(16,17)18)9-8(6)5(3-19)4-20-9/h1-2,4,20H,(H,21,22). The van der Waals surface area contributed by atoms with Crippen LogP contribution in [0.1, 0.15) is 11.1 Å². The summed E-state index contributed by atoms with van der Waals surface area (Å²) in [5, 5.41) is 9.68. The van der Waals surface area contributed by atoms with Crippen molar-refractivity contribution in [2.75, 3.05) is 5.32 Å². The third kappa shape index (κ3) is 2.69. The fourth-order valence-electron chi connectivity index (χ4n) is 1.87. The number of amides is 1. The van der Waals surface area contributed by atoms with Gasteiger partial charge in [0.05, 0.1) is 22.3 Å². The zero-order valence-electron chi connectivity index (χ0n) is 10.4. The Balaban J connectivity index is 2.64. The van der Waals surface area contributed by atoms with Crippen molar-refractivity contribution in [1.29, 1.82) is 5.26 Å². The topological polar surface area (TPSA) is 68.7 Å². The van der Waals surface area contributed by atoms with Gasteiger partial charge in [-0.1, -0.05) is 0 Å². The molecule has 10 heteroatoms. The van der Waals surface area contributed by atoms with E-state index in [0.29, 0.717) is 12.1 Å². The molecule has 1 aromatic carbocycles. The Morgan fingerprint density at radius 3 is 2.32 bits per heavy atom. The second kappa shape index (κ2) is 4.94. The molecule has 22 heavy (non-hydrogen) atoms. The van der Waals surface area contributed by atoms with Crippen LogP contribution in [0.2, 0.25) is 0 Å². The number of hydrogen-bond donors (Lipinski definition) is 2. The molecule has 2 rings (SSSR count). The molecule has 0 aliphatic heterocycles. The lowest BCUT2D eigenvalue weighted by Crippen LogP contribution is -2.30. The van der Waals surface area contributed by atoms with Gasteiger partial charge in [-0.15, -0.1) is 0 Å². The van der Waals surface area contributed by atoms with Crippen LogP contribution in [0.4, 0.5) is 32.0 Å². The van der Waals surface area contributed by atoms with E-state index < -0.39 is 46.0 Å². The molecular weight excluding hydrogens is 316 g/mol. The summed E-state index contributed by atoms with van der Waals surface area (Å²) < 4.78 is 75.4. The summed E-state index contributed by atoms with van der Waals surface area (Å²) in [5.41, 5.74) is -2.51. The maximum atomic E-state index is 12.9. The number of nitrogens with zero attached hydrogens (tertiary/aromatic N) is 1. The van der Waals surface area contributed by atoms with Crippen LogP contribution >= 0.6 is 0 Å². The van der Waals surface area contributed by atoms with E-state index in [4.69, 9.17) is 5.26 Å². The van der Waals surface area contributed by atoms with Crippen molar-refractivity contribution in [3.05, 3.63) is 29.5 Å². The van der Waals surface area contributed by atoms with Crippen LogP contribution in [0.25, 0.3) is 10.9 Å². The lowest BCUT2D eigenvalue weighted by Gasteiger charge is -2.13. The first-order chi connectivity index (χ1) is 10.1. The highest BCUT2D eigenvalue weighted by Gasteiger charge is 2.40. The van der Waals surface area contributed by atoms with Crippen LogP contribution < -0.4 is 5.32 Å². The summed E-state index contributed by atoms with van der Waals surface area (Å²) >= 11 is 0. The summed E-state index contributed by atoms with van der Waals surface area (Å²) in [4.78, 5) is 13.2. The highest BCUT2D eigenvalue weighted by molar-refractivity contribution is 6.05. The number of anilines is 1. The molecule has 0 saturated heterocycles. The van der Waals surface area contributed by atoms with Crippen molar-refractivity contribution < 1.29 is 31.1 Å². The summed E-state index contributed by atoms with van der Waals surface area (Å²) in [7, 11) is 0. The number of H-pyrrole nitrogens is 1. The van der Waals surface area contributed by atoms with Crippen LogP contribution in [0, 0.1) is 11.3 Å². The van der Waals surface area contributed by atoms with Gasteiger partial charge in [-0.25, -0.2) is 0 Å². The zero-order valence-corrected chi connectivity index (χ0v) is 10.4. The van der Waals surface area contributed by atoms with Gasteiger partial charge in [-0.05, 0) is 12.1 Å². The van der Waals surface area contributed by atoms with E-state index in [1.807, 2.05) is 0 Å². The number of benzene rings is 1. The number of rotatable bonds is 1. The minimum Gasteiger partial charge on any atom is -0.358 e. The summed E-state index contributed by atoms with van der Waals surface area (Å²) in [6.45, 7) is 0. The maximum absolute atomic E-state index is 12.9. The molecule has 116 valence electrons. The van der Waals surface area contributed by atoms with Crippen molar-refractivity contribution in [3.63, 3.8) is 0 Å². The van der Waals surface area contributed by atoms with Gasteiger partial charge in [0.1, 0.15) is 6.07 Å². The Morgan fingerprint density at radius 1 is 1.18 bits per heavy atom. The van der Waals surface area contributed by atoms with Crippen molar-refractivity contribution >= 4 is 22.5 Å². The number of fused-ring (bicyclic) bond motifs is 1. The molecule has 0 saturated carbocycles. The largest absolute Gasteiger partial charge is 0.471 e.